The van der Waals surface area contributed by atoms with E-state index in [2.05, 4.69) is 16.6 Å². The second kappa shape index (κ2) is 7.16. The molecule has 0 unspecified atom stereocenters. The second-order valence-corrected chi connectivity index (χ2v) is 7.60. The van der Waals surface area contributed by atoms with Crippen LogP contribution in [0, 0.1) is 13.8 Å². The van der Waals surface area contributed by atoms with Gasteiger partial charge in [0.25, 0.3) is 0 Å². The van der Waals surface area contributed by atoms with Crippen molar-refractivity contribution in [1.82, 2.24) is 9.78 Å². The summed E-state index contributed by atoms with van der Waals surface area (Å²) in [4.78, 5) is 0.115. The number of halogens is 1. The van der Waals surface area contributed by atoms with Gasteiger partial charge in [0.2, 0.25) is 0 Å². The van der Waals surface area contributed by atoms with Crippen molar-refractivity contribution in [2.75, 3.05) is 12.8 Å². The molecule has 0 fully saturated rings. The van der Waals surface area contributed by atoms with Crippen LogP contribution >= 0.6 is 0 Å². The van der Waals surface area contributed by atoms with Gasteiger partial charge >= 0.3 is 0 Å². The fraction of sp³-hybridized carbons (Fsp3) is 0.353. The molecule has 2 rings (SSSR count). The first-order valence-electron chi connectivity index (χ1n) is 7.42. The smallest absolute Gasteiger partial charge is 0.183 e. The van der Waals surface area contributed by atoms with Gasteiger partial charge in [-0.2, -0.15) is 5.10 Å². The van der Waals surface area contributed by atoms with E-state index in [1.165, 1.54) is 12.2 Å². The highest BCUT2D eigenvalue weighted by Crippen LogP contribution is 2.20. The summed E-state index contributed by atoms with van der Waals surface area (Å²) in [6.07, 6.45) is 6.20. The third kappa shape index (κ3) is 4.22. The largest absolute Gasteiger partial charge is 0.327 e. The normalized spacial score (nSPS) is 14.8. The second-order valence-electron chi connectivity index (χ2n) is 5.62. The van der Waals surface area contributed by atoms with Gasteiger partial charge in [0.05, 0.1) is 12.2 Å². The molecule has 0 aliphatic heterocycles. The maximum absolute atomic E-state index is 13.6. The monoisotopic (exact) mass is 349 g/mol. The van der Waals surface area contributed by atoms with Crippen LogP contribution < -0.4 is 5.73 Å². The third-order valence-electron chi connectivity index (χ3n) is 3.72. The number of hydrogen-bond donors (Lipinski definition) is 1. The first-order valence-corrected chi connectivity index (χ1v) is 9.32. The van der Waals surface area contributed by atoms with Crippen molar-refractivity contribution in [3.05, 3.63) is 62.9 Å². The third-order valence-corrected chi connectivity index (χ3v) is 4.76. The van der Waals surface area contributed by atoms with E-state index in [4.69, 9.17) is 5.73 Å². The Balaban J connectivity index is 2.31. The van der Waals surface area contributed by atoms with E-state index in [0.29, 0.717) is 6.42 Å². The molecular formula is C17H20FN3O2S. The summed E-state index contributed by atoms with van der Waals surface area (Å²) in [7, 11) is -3.29. The van der Waals surface area contributed by atoms with Crippen molar-refractivity contribution in [3.63, 3.8) is 0 Å². The number of aryl methyl sites for hydroxylation is 1. The van der Waals surface area contributed by atoms with E-state index in [1.54, 1.807) is 10.8 Å². The van der Waals surface area contributed by atoms with Crippen molar-refractivity contribution in [2.45, 2.75) is 26.8 Å². The van der Waals surface area contributed by atoms with E-state index < -0.39 is 9.84 Å². The van der Waals surface area contributed by atoms with Crippen molar-refractivity contribution in [3.8, 4) is 0 Å². The predicted octanol–water partition coefficient (Wildman–Crippen LogP) is 2.03. The van der Waals surface area contributed by atoms with Crippen LogP contribution in [0.25, 0.3) is 0 Å². The number of allylic oxidation sites excluding steroid dienone is 4. The minimum Gasteiger partial charge on any atom is -0.327 e. The van der Waals surface area contributed by atoms with Gasteiger partial charge < -0.3 is 5.73 Å². The lowest BCUT2D eigenvalue weighted by molar-refractivity contribution is 0.517. The molecule has 0 spiro atoms. The quantitative estimate of drug-likeness (QED) is 0.797. The van der Waals surface area contributed by atoms with Crippen LogP contribution in [0.15, 0.2) is 46.0 Å². The molecule has 128 valence electrons. The van der Waals surface area contributed by atoms with E-state index in [9.17, 15) is 12.8 Å². The average molecular weight is 349 g/mol. The molecule has 0 saturated heterocycles. The Morgan fingerprint density at radius 1 is 1.38 bits per heavy atom. The van der Waals surface area contributed by atoms with Gasteiger partial charge in [-0.05, 0) is 37.8 Å². The highest BCUT2D eigenvalue weighted by molar-refractivity contribution is 7.94. The van der Waals surface area contributed by atoms with Gasteiger partial charge in [0, 0.05) is 36.1 Å². The molecule has 5 nitrogen and oxygen atoms in total. The van der Waals surface area contributed by atoms with E-state index >= 15 is 0 Å². The molecule has 0 aromatic carbocycles. The topological polar surface area (TPSA) is 78.0 Å². The molecule has 0 saturated carbocycles. The van der Waals surface area contributed by atoms with Gasteiger partial charge in [-0.3, -0.25) is 4.68 Å². The van der Waals surface area contributed by atoms with Crippen LogP contribution in [0.2, 0.25) is 0 Å². The van der Waals surface area contributed by atoms with Crippen molar-refractivity contribution < 1.29 is 12.8 Å². The predicted molar refractivity (Wildman–Crippen MR) is 91.7 cm³/mol. The molecule has 0 amide bonds. The zero-order valence-corrected chi connectivity index (χ0v) is 14.7. The van der Waals surface area contributed by atoms with Crippen molar-refractivity contribution in [1.29, 1.82) is 0 Å². The van der Waals surface area contributed by atoms with Crippen LogP contribution in [-0.4, -0.2) is 31.0 Å². The standard InChI is InChI=1S/C17H20FN3O2S/c1-12-17(13(2)21(20-12)11-15(18)8-9-19)10-14-4-6-16(7-5-14)24(3,22)23/h4,6,8H,9-11,19H2,1-3H3/b15-8-. The van der Waals surface area contributed by atoms with Crippen molar-refractivity contribution >= 4 is 9.84 Å². The maximum atomic E-state index is 13.6. The Labute approximate surface area is 141 Å². The Morgan fingerprint density at radius 3 is 2.62 bits per heavy atom. The zero-order chi connectivity index (χ0) is 17.9. The molecule has 1 aromatic rings. The molecular weight excluding hydrogens is 329 g/mol. The lowest BCUT2D eigenvalue weighted by Gasteiger charge is -2.05. The van der Waals surface area contributed by atoms with Crippen LogP contribution in [0.1, 0.15) is 17.0 Å². The molecule has 24 heavy (non-hydrogen) atoms. The minimum atomic E-state index is -3.29. The lowest BCUT2D eigenvalue weighted by Crippen LogP contribution is -2.05. The summed E-state index contributed by atoms with van der Waals surface area (Å²) in [5.41, 5.74) is 14.3. The molecule has 0 bridgehead atoms. The van der Waals surface area contributed by atoms with Crippen LogP contribution in [0.4, 0.5) is 4.39 Å². The molecule has 1 heterocycles. The van der Waals surface area contributed by atoms with Gasteiger partial charge in [0.1, 0.15) is 10.7 Å². The van der Waals surface area contributed by atoms with E-state index in [0.717, 1.165) is 28.8 Å². The summed E-state index contributed by atoms with van der Waals surface area (Å²) in [6.45, 7) is 3.93. The van der Waals surface area contributed by atoms with E-state index in [-0.39, 0.29) is 23.8 Å². The van der Waals surface area contributed by atoms with Crippen LogP contribution in [0.5, 0.6) is 0 Å². The molecule has 0 atom stereocenters. The fourth-order valence-corrected chi connectivity index (χ4v) is 2.94. The molecule has 1 aliphatic carbocycles. The lowest BCUT2D eigenvalue weighted by atomic mass is 10.0. The number of aromatic nitrogens is 2. The summed E-state index contributed by atoms with van der Waals surface area (Å²) in [6, 6.07) is 0. The number of nitrogens with zero attached hydrogens (tertiary/aromatic N) is 2. The first kappa shape index (κ1) is 18.2. The number of hydrogen-bond acceptors (Lipinski definition) is 4. The summed E-state index contributed by atoms with van der Waals surface area (Å²) < 4.78 is 38.2. The van der Waals surface area contributed by atoms with Gasteiger partial charge in [-0.1, -0.05) is 5.73 Å². The first-order chi connectivity index (χ1) is 11.2. The van der Waals surface area contributed by atoms with Gasteiger partial charge in [0.15, 0.2) is 9.84 Å². The summed E-state index contributed by atoms with van der Waals surface area (Å²) >= 11 is 0. The van der Waals surface area contributed by atoms with E-state index in [1.807, 2.05) is 13.8 Å². The molecule has 1 aliphatic rings. The zero-order valence-electron chi connectivity index (χ0n) is 13.9. The highest BCUT2D eigenvalue weighted by atomic mass is 32.2. The summed E-state index contributed by atoms with van der Waals surface area (Å²) in [5.74, 6) is -0.327. The van der Waals surface area contributed by atoms with Crippen molar-refractivity contribution in [2.24, 2.45) is 5.73 Å². The molecule has 7 heteroatoms. The number of rotatable bonds is 6. The van der Waals surface area contributed by atoms with Crippen LogP contribution in [-0.2, 0) is 22.8 Å². The molecule has 1 aromatic heterocycles. The highest BCUT2D eigenvalue weighted by Gasteiger charge is 2.15. The average Bonchev–Trinajstić information content (AvgIpc) is 2.75. The molecule has 2 N–H and O–H groups in total. The number of sulfone groups is 1. The van der Waals surface area contributed by atoms with Gasteiger partial charge in [-0.15, -0.1) is 0 Å². The van der Waals surface area contributed by atoms with Crippen LogP contribution in [0.3, 0.4) is 0 Å². The Kier molecular flexibility index (Phi) is 5.42. The minimum absolute atomic E-state index is 0.0483. The Hall–Kier alpha value is -2.17. The number of nitrogens with two attached hydrogens (primary N) is 1. The maximum Gasteiger partial charge on any atom is 0.183 e. The Bertz CT molecular complexity index is 923. The Morgan fingerprint density at radius 2 is 2.08 bits per heavy atom. The SMILES string of the molecule is Cc1nn(C/C(F)=C/CN)c(C)c1CC1=C=C=C(S(C)(=O)=O)C=C1. The van der Waals surface area contributed by atoms with Gasteiger partial charge in [-0.25, -0.2) is 12.8 Å². The summed E-state index contributed by atoms with van der Waals surface area (Å²) in [5, 5.41) is 4.36. The molecule has 0 radical (unpaired) electrons. The fourth-order valence-electron chi connectivity index (χ4n) is 2.39.